The molecule has 0 amide bonds. The molecule has 1 fully saturated rings. The minimum Gasteiger partial charge on any atom is -0.326 e. The fourth-order valence-electron chi connectivity index (χ4n) is 1.08. The number of halogens is 1. The van der Waals surface area contributed by atoms with Crippen LogP contribution in [-0.4, -0.2) is 22.2 Å². The third-order valence-electron chi connectivity index (χ3n) is 1.98. The summed E-state index contributed by atoms with van der Waals surface area (Å²) in [6, 6.07) is 0.356. The Morgan fingerprint density at radius 3 is 2.33 bits per heavy atom. The van der Waals surface area contributed by atoms with E-state index in [0.29, 0.717) is 11.5 Å². The summed E-state index contributed by atoms with van der Waals surface area (Å²) in [4.78, 5) is 0. The van der Waals surface area contributed by atoms with Crippen LogP contribution in [0.15, 0.2) is 0 Å². The molecule has 0 radical (unpaired) electrons. The first-order chi connectivity index (χ1) is 4.02. The van der Waals surface area contributed by atoms with Crippen LogP contribution in [-0.2, 0) is 0 Å². The topological polar surface area (TPSA) is 29.3 Å². The van der Waals surface area contributed by atoms with E-state index in [1.165, 1.54) is 0 Å². The van der Waals surface area contributed by atoms with Gasteiger partial charge in [0, 0.05) is 42.0 Å². The third-order valence-corrected chi connectivity index (χ3v) is 2.71. The molecular formula is C6H13IN2. The van der Waals surface area contributed by atoms with Crippen LogP contribution < -0.4 is 5.73 Å². The zero-order chi connectivity index (χ0) is 7.07. The molecule has 1 aliphatic heterocycles. The maximum atomic E-state index is 5.86. The minimum absolute atomic E-state index is 0.321. The molecule has 0 spiro atoms. The van der Waals surface area contributed by atoms with E-state index in [-0.39, 0.29) is 0 Å². The lowest BCUT2D eigenvalue weighted by Crippen LogP contribution is -2.35. The van der Waals surface area contributed by atoms with Crippen molar-refractivity contribution in [3.63, 3.8) is 0 Å². The second kappa shape index (κ2) is 2.36. The van der Waals surface area contributed by atoms with Crippen molar-refractivity contribution >= 4 is 22.9 Å². The van der Waals surface area contributed by atoms with Gasteiger partial charge in [-0.05, 0) is 5.41 Å². The predicted molar refractivity (Wildman–Crippen MR) is 47.3 cm³/mol. The maximum absolute atomic E-state index is 5.86. The lowest BCUT2D eigenvalue weighted by Gasteiger charge is -2.20. The van der Waals surface area contributed by atoms with Gasteiger partial charge in [-0.1, -0.05) is 13.8 Å². The van der Waals surface area contributed by atoms with Gasteiger partial charge in [-0.25, -0.2) is 3.11 Å². The summed E-state index contributed by atoms with van der Waals surface area (Å²) in [6.45, 7) is 6.59. The number of hydrogen-bond donors (Lipinski definition) is 1. The molecule has 54 valence electrons. The molecule has 1 rings (SSSR count). The van der Waals surface area contributed by atoms with Gasteiger partial charge in [-0.2, -0.15) is 0 Å². The Morgan fingerprint density at radius 1 is 1.67 bits per heavy atom. The van der Waals surface area contributed by atoms with Crippen molar-refractivity contribution < 1.29 is 0 Å². The molecule has 0 aromatic rings. The Kier molecular flexibility index (Phi) is 2.03. The van der Waals surface area contributed by atoms with Gasteiger partial charge >= 0.3 is 0 Å². The summed E-state index contributed by atoms with van der Waals surface area (Å²) < 4.78 is 2.25. The molecule has 0 bridgehead atoms. The average Bonchev–Trinajstić information content (AvgIpc) is 1.79. The first-order valence-corrected chi connectivity index (χ1v) is 4.15. The molecule has 2 N–H and O–H groups in total. The van der Waals surface area contributed by atoms with Crippen LogP contribution in [0.1, 0.15) is 13.8 Å². The van der Waals surface area contributed by atoms with Crippen molar-refractivity contribution in [2.24, 2.45) is 11.1 Å². The van der Waals surface area contributed by atoms with Gasteiger partial charge in [0.15, 0.2) is 0 Å². The average molecular weight is 240 g/mol. The monoisotopic (exact) mass is 240 g/mol. The largest absolute Gasteiger partial charge is 0.326 e. The highest BCUT2D eigenvalue weighted by Crippen LogP contribution is 2.29. The lowest BCUT2D eigenvalue weighted by molar-refractivity contribution is 0.355. The molecule has 1 saturated heterocycles. The van der Waals surface area contributed by atoms with Crippen molar-refractivity contribution in [2.75, 3.05) is 13.1 Å². The van der Waals surface area contributed by atoms with Crippen LogP contribution >= 0.6 is 22.9 Å². The molecule has 0 aliphatic carbocycles. The fourth-order valence-corrected chi connectivity index (χ4v) is 2.39. The zero-order valence-electron chi connectivity index (χ0n) is 5.89. The van der Waals surface area contributed by atoms with E-state index in [0.717, 1.165) is 13.1 Å². The quantitative estimate of drug-likeness (QED) is 0.505. The van der Waals surface area contributed by atoms with Crippen LogP contribution in [0.4, 0.5) is 0 Å². The molecule has 2 nitrogen and oxygen atoms in total. The Morgan fingerprint density at radius 2 is 2.22 bits per heavy atom. The molecule has 1 unspecified atom stereocenters. The molecule has 3 heteroatoms. The molecule has 0 aromatic heterocycles. The number of rotatable bonds is 0. The molecule has 1 aliphatic rings. The normalized spacial score (nSPS) is 35.3. The molecule has 0 aromatic carbocycles. The fraction of sp³-hybridized carbons (Fsp3) is 1.00. The summed E-state index contributed by atoms with van der Waals surface area (Å²) in [5.74, 6) is 0. The van der Waals surface area contributed by atoms with Gasteiger partial charge < -0.3 is 5.73 Å². The highest BCUT2D eigenvalue weighted by molar-refractivity contribution is 14.1. The lowest BCUT2D eigenvalue weighted by atomic mass is 9.89. The van der Waals surface area contributed by atoms with Crippen molar-refractivity contribution in [2.45, 2.75) is 19.9 Å². The Hall–Kier alpha value is 0.650. The van der Waals surface area contributed by atoms with Crippen molar-refractivity contribution in [3.8, 4) is 0 Å². The van der Waals surface area contributed by atoms with Crippen LogP contribution in [0.2, 0.25) is 0 Å². The summed E-state index contributed by atoms with van der Waals surface area (Å²) in [5.41, 5.74) is 6.18. The van der Waals surface area contributed by atoms with E-state index in [2.05, 4.69) is 39.8 Å². The van der Waals surface area contributed by atoms with Gasteiger partial charge in [-0.3, -0.25) is 0 Å². The van der Waals surface area contributed by atoms with Crippen LogP contribution in [0, 0.1) is 5.41 Å². The Labute approximate surface area is 70.3 Å². The van der Waals surface area contributed by atoms with E-state index < -0.39 is 0 Å². The second-order valence-electron chi connectivity index (χ2n) is 3.40. The molecule has 1 atom stereocenters. The Bertz CT molecular complexity index is 114. The van der Waals surface area contributed by atoms with Gasteiger partial charge in [0.05, 0.1) is 0 Å². The first kappa shape index (κ1) is 7.75. The standard InChI is InChI=1S/C6H13IN2/c1-6(2)4-9(7)3-5(6)8/h5H,3-4,8H2,1-2H3. The van der Waals surface area contributed by atoms with Gasteiger partial charge in [-0.15, -0.1) is 0 Å². The molecular weight excluding hydrogens is 227 g/mol. The summed E-state index contributed by atoms with van der Waals surface area (Å²) in [7, 11) is 0. The van der Waals surface area contributed by atoms with Crippen molar-refractivity contribution in [1.82, 2.24) is 3.11 Å². The van der Waals surface area contributed by atoms with E-state index >= 15 is 0 Å². The van der Waals surface area contributed by atoms with Crippen LogP contribution in [0.3, 0.4) is 0 Å². The van der Waals surface area contributed by atoms with Gasteiger partial charge in [0.25, 0.3) is 0 Å². The van der Waals surface area contributed by atoms with Gasteiger partial charge in [0.1, 0.15) is 0 Å². The highest BCUT2D eigenvalue weighted by atomic mass is 127. The SMILES string of the molecule is CC1(C)CN(I)CC1N. The highest BCUT2D eigenvalue weighted by Gasteiger charge is 2.35. The smallest absolute Gasteiger partial charge is 0.0240 e. The minimum atomic E-state index is 0.321. The number of nitrogens with two attached hydrogens (primary N) is 1. The van der Waals surface area contributed by atoms with Crippen molar-refractivity contribution in [1.29, 1.82) is 0 Å². The number of hydrogen-bond acceptors (Lipinski definition) is 2. The van der Waals surface area contributed by atoms with E-state index in [1.807, 2.05) is 0 Å². The molecule has 1 heterocycles. The van der Waals surface area contributed by atoms with E-state index in [1.54, 1.807) is 0 Å². The Balaban J connectivity index is 2.58. The number of nitrogens with zero attached hydrogens (tertiary/aromatic N) is 1. The van der Waals surface area contributed by atoms with Crippen molar-refractivity contribution in [3.05, 3.63) is 0 Å². The zero-order valence-corrected chi connectivity index (χ0v) is 8.05. The summed E-state index contributed by atoms with van der Waals surface area (Å²) >= 11 is 2.33. The maximum Gasteiger partial charge on any atom is 0.0240 e. The van der Waals surface area contributed by atoms with Crippen LogP contribution in [0.25, 0.3) is 0 Å². The van der Waals surface area contributed by atoms with E-state index in [9.17, 15) is 0 Å². The third kappa shape index (κ3) is 1.56. The summed E-state index contributed by atoms with van der Waals surface area (Å²) in [6.07, 6.45) is 0. The predicted octanol–water partition coefficient (Wildman–Crippen LogP) is 1.01. The first-order valence-electron chi connectivity index (χ1n) is 3.19. The van der Waals surface area contributed by atoms with Crippen LogP contribution in [0.5, 0.6) is 0 Å². The molecule has 9 heavy (non-hydrogen) atoms. The molecule has 0 saturated carbocycles. The second-order valence-corrected chi connectivity index (χ2v) is 4.76. The summed E-state index contributed by atoms with van der Waals surface area (Å²) in [5, 5.41) is 0. The van der Waals surface area contributed by atoms with Gasteiger partial charge in [0.2, 0.25) is 0 Å². The van der Waals surface area contributed by atoms with E-state index in [4.69, 9.17) is 5.73 Å².